The molecule has 2 heterocycles. The fourth-order valence-corrected chi connectivity index (χ4v) is 3.06. The van der Waals surface area contributed by atoms with Crippen molar-refractivity contribution in [2.24, 2.45) is 7.05 Å². The van der Waals surface area contributed by atoms with E-state index in [0.717, 1.165) is 23.4 Å². The lowest BCUT2D eigenvalue weighted by Gasteiger charge is -2.18. The van der Waals surface area contributed by atoms with Gasteiger partial charge in [-0.1, -0.05) is 13.0 Å². The Morgan fingerprint density at radius 1 is 1.22 bits per heavy atom. The third-order valence-corrected chi connectivity index (χ3v) is 4.47. The molecular formula is C20H23N5O2. The van der Waals surface area contributed by atoms with Gasteiger partial charge in [-0.15, -0.1) is 0 Å². The first-order chi connectivity index (χ1) is 13.0. The number of carbonyl (C=O) groups is 1. The van der Waals surface area contributed by atoms with Crippen LogP contribution in [0.4, 0.5) is 0 Å². The van der Waals surface area contributed by atoms with Crippen molar-refractivity contribution in [1.82, 2.24) is 25.1 Å². The van der Waals surface area contributed by atoms with Crippen LogP contribution in [0.15, 0.2) is 42.7 Å². The molecule has 1 amide bonds. The number of hydrogen-bond donors (Lipinski definition) is 1. The normalized spacial score (nSPS) is 11.9. The number of rotatable bonds is 6. The summed E-state index contributed by atoms with van der Waals surface area (Å²) < 4.78 is 7.45. The summed E-state index contributed by atoms with van der Waals surface area (Å²) in [7, 11) is 1.91. The third kappa shape index (κ3) is 4.13. The highest BCUT2D eigenvalue weighted by Gasteiger charge is 2.21. The Morgan fingerprint density at radius 3 is 2.59 bits per heavy atom. The number of amides is 1. The van der Waals surface area contributed by atoms with Crippen molar-refractivity contribution in [3.05, 3.63) is 65.2 Å². The van der Waals surface area contributed by atoms with Crippen LogP contribution in [0.3, 0.4) is 0 Å². The second-order valence-electron chi connectivity index (χ2n) is 6.30. The van der Waals surface area contributed by atoms with E-state index in [-0.39, 0.29) is 18.0 Å². The fraction of sp³-hybridized carbons (Fsp3) is 0.300. The molecule has 27 heavy (non-hydrogen) atoms. The molecule has 0 saturated carbocycles. The molecule has 140 valence electrons. The summed E-state index contributed by atoms with van der Waals surface area (Å²) in [6, 6.07) is 8.82. The largest absolute Gasteiger partial charge is 0.424 e. The first-order valence-electron chi connectivity index (χ1n) is 8.85. The van der Waals surface area contributed by atoms with Crippen LogP contribution >= 0.6 is 0 Å². The van der Waals surface area contributed by atoms with Crippen LogP contribution in [-0.4, -0.2) is 25.7 Å². The predicted molar refractivity (Wildman–Crippen MR) is 102 cm³/mol. The molecule has 7 nitrogen and oxygen atoms in total. The maximum Gasteiger partial charge on any atom is 0.321 e. The van der Waals surface area contributed by atoms with Crippen molar-refractivity contribution < 1.29 is 9.53 Å². The zero-order valence-corrected chi connectivity index (χ0v) is 15.9. The molecule has 3 aromatic rings. The van der Waals surface area contributed by atoms with Gasteiger partial charge in [0.1, 0.15) is 5.75 Å². The summed E-state index contributed by atoms with van der Waals surface area (Å²) >= 11 is 0. The number of hydrogen-bond acceptors (Lipinski definition) is 5. The number of ether oxygens (including phenoxy) is 1. The summed E-state index contributed by atoms with van der Waals surface area (Å²) in [6.07, 6.45) is 3.97. The molecule has 1 aromatic carbocycles. The molecule has 0 aliphatic heterocycles. The van der Waals surface area contributed by atoms with E-state index < -0.39 is 0 Å². The Balaban J connectivity index is 1.78. The van der Waals surface area contributed by atoms with Crippen LogP contribution in [0.25, 0.3) is 0 Å². The molecule has 0 saturated heterocycles. The minimum Gasteiger partial charge on any atom is -0.424 e. The first kappa shape index (κ1) is 18.6. The van der Waals surface area contributed by atoms with Gasteiger partial charge in [0.25, 0.3) is 5.91 Å². The Bertz CT molecular complexity index is 937. The lowest BCUT2D eigenvalue weighted by molar-refractivity contribution is 0.0935. The standard InChI is InChI=1S/C20H23N5O2/c1-5-17(18-13(2)24-25(4)14(18)3)23-19(26)15-8-6-9-16(12-15)27-20-21-10-7-11-22-20/h6-12,17H,5H2,1-4H3,(H,23,26). The molecule has 1 unspecified atom stereocenters. The lowest BCUT2D eigenvalue weighted by atomic mass is 10.0. The summed E-state index contributed by atoms with van der Waals surface area (Å²) in [6.45, 7) is 6.02. The maximum atomic E-state index is 12.8. The zero-order chi connectivity index (χ0) is 19.4. The van der Waals surface area contributed by atoms with Crippen molar-refractivity contribution in [3.63, 3.8) is 0 Å². The van der Waals surface area contributed by atoms with Crippen LogP contribution in [0.1, 0.15) is 46.7 Å². The molecule has 1 N–H and O–H groups in total. The highest BCUT2D eigenvalue weighted by atomic mass is 16.5. The summed E-state index contributed by atoms with van der Waals surface area (Å²) in [5.74, 6) is 0.347. The van der Waals surface area contributed by atoms with E-state index >= 15 is 0 Å². The van der Waals surface area contributed by atoms with Gasteiger partial charge in [-0.05, 0) is 44.5 Å². The quantitative estimate of drug-likeness (QED) is 0.723. The van der Waals surface area contributed by atoms with Gasteiger partial charge in [-0.25, -0.2) is 9.97 Å². The van der Waals surface area contributed by atoms with E-state index in [9.17, 15) is 4.79 Å². The third-order valence-electron chi connectivity index (χ3n) is 4.47. The zero-order valence-electron chi connectivity index (χ0n) is 15.9. The van der Waals surface area contributed by atoms with Crippen LogP contribution in [0, 0.1) is 13.8 Å². The first-order valence-corrected chi connectivity index (χ1v) is 8.85. The number of aromatic nitrogens is 4. The molecule has 0 aliphatic carbocycles. The second kappa shape index (κ2) is 7.99. The Kier molecular flexibility index (Phi) is 5.49. The van der Waals surface area contributed by atoms with Gasteiger partial charge in [-0.3, -0.25) is 9.48 Å². The van der Waals surface area contributed by atoms with Gasteiger partial charge in [0.05, 0.1) is 11.7 Å². The minimum atomic E-state index is -0.163. The van der Waals surface area contributed by atoms with E-state index in [1.807, 2.05) is 32.5 Å². The number of nitrogens with zero attached hydrogens (tertiary/aromatic N) is 4. The molecular weight excluding hydrogens is 342 g/mol. The number of nitrogens with one attached hydrogen (secondary N) is 1. The van der Waals surface area contributed by atoms with Crippen LogP contribution in [-0.2, 0) is 7.05 Å². The van der Waals surface area contributed by atoms with E-state index in [4.69, 9.17) is 4.74 Å². The Morgan fingerprint density at radius 2 is 1.96 bits per heavy atom. The van der Waals surface area contributed by atoms with Crippen LogP contribution < -0.4 is 10.1 Å². The van der Waals surface area contributed by atoms with Crippen LogP contribution in [0.5, 0.6) is 11.8 Å². The van der Waals surface area contributed by atoms with E-state index in [1.54, 1.807) is 42.7 Å². The van der Waals surface area contributed by atoms with Gasteiger partial charge < -0.3 is 10.1 Å². The SMILES string of the molecule is CCC(NC(=O)c1cccc(Oc2ncccn2)c1)c1c(C)nn(C)c1C. The van der Waals surface area contributed by atoms with E-state index in [0.29, 0.717) is 11.3 Å². The van der Waals surface area contributed by atoms with Crippen molar-refractivity contribution in [2.75, 3.05) is 0 Å². The molecule has 3 rings (SSSR count). The molecule has 1 atom stereocenters. The summed E-state index contributed by atoms with van der Waals surface area (Å²) in [5, 5.41) is 7.56. The van der Waals surface area contributed by atoms with Crippen molar-refractivity contribution in [2.45, 2.75) is 33.2 Å². The topological polar surface area (TPSA) is 81.9 Å². The van der Waals surface area contributed by atoms with Crippen molar-refractivity contribution >= 4 is 5.91 Å². The van der Waals surface area contributed by atoms with Crippen LogP contribution in [0.2, 0.25) is 0 Å². The highest BCUT2D eigenvalue weighted by Crippen LogP contribution is 2.25. The monoisotopic (exact) mass is 365 g/mol. The molecule has 0 fully saturated rings. The van der Waals surface area contributed by atoms with Gasteiger partial charge in [0, 0.05) is 36.3 Å². The average Bonchev–Trinajstić information content (AvgIpc) is 2.92. The van der Waals surface area contributed by atoms with E-state index in [2.05, 4.69) is 20.4 Å². The minimum absolute atomic E-state index is 0.103. The van der Waals surface area contributed by atoms with Gasteiger partial charge in [-0.2, -0.15) is 5.10 Å². The van der Waals surface area contributed by atoms with E-state index in [1.165, 1.54) is 0 Å². The predicted octanol–water partition coefficient (Wildman–Crippen LogP) is 3.50. The summed E-state index contributed by atoms with van der Waals surface area (Å²) in [4.78, 5) is 20.9. The number of aryl methyl sites for hydroxylation is 2. The summed E-state index contributed by atoms with van der Waals surface area (Å²) in [5.41, 5.74) is 3.57. The molecule has 0 spiro atoms. The number of carbonyl (C=O) groups excluding carboxylic acids is 1. The second-order valence-corrected chi connectivity index (χ2v) is 6.30. The maximum absolute atomic E-state index is 12.8. The number of benzene rings is 1. The van der Waals surface area contributed by atoms with Gasteiger partial charge >= 0.3 is 6.01 Å². The molecule has 7 heteroatoms. The lowest BCUT2D eigenvalue weighted by Crippen LogP contribution is -2.28. The van der Waals surface area contributed by atoms with Crippen molar-refractivity contribution in [3.8, 4) is 11.8 Å². The molecule has 0 bridgehead atoms. The molecule has 0 radical (unpaired) electrons. The smallest absolute Gasteiger partial charge is 0.321 e. The highest BCUT2D eigenvalue weighted by molar-refractivity contribution is 5.94. The van der Waals surface area contributed by atoms with Crippen molar-refractivity contribution in [1.29, 1.82) is 0 Å². The molecule has 2 aromatic heterocycles. The Labute approximate surface area is 158 Å². The van der Waals surface area contributed by atoms with Gasteiger partial charge in [0.15, 0.2) is 0 Å². The Hall–Kier alpha value is -3.22. The molecule has 0 aliphatic rings. The fourth-order valence-electron chi connectivity index (χ4n) is 3.06. The van der Waals surface area contributed by atoms with Gasteiger partial charge in [0.2, 0.25) is 0 Å². The average molecular weight is 365 g/mol.